The third kappa shape index (κ3) is 3.58. The number of nitrogens with one attached hydrogen (secondary N) is 1. The lowest BCUT2D eigenvalue weighted by Crippen LogP contribution is -2.35. The summed E-state index contributed by atoms with van der Waals surface area (Å²) in [5.74, 6) is -0.246. The molecule has 1 aliphatic rings. The summed E-state index contributed by atoms with van der Waals surface area (Å²) in [6.07, 6.45) is 3.25. The zero-order chi connectivity index (χ0) is 14.4. The van der Waals surface area contributed by atoms with E-state index in [1.165, 1.54) is 12.7 Å². The fourth-order valence-electron chi connectivity index (χ4n) is 2.63. The summed E-state index contributed by atoms with van der Waals surface area (Å²) >= 11 is 0. The largest absolute Gasteiger partial charge is 0.468 e. The predicted octanol–water partition coefficient (Wildman–Crippen LogP) is 2.23. The van der Waals surface area contributed by atoms with Crippen molar-refractivity contribution >= 4 is 5.97 Å². The van der Waals surface area contributed by atoms with Crippen LogP contribution in [0.1, 0.15) is 36.9 Å². The first-order chi connectivity index (χ1) is 9.76. The summed E-state index contributed by atoms with van der Waals surface area (Å²) in [4.78, 5) is 12.1. The zero-order valence-corrected chi connectivity index (χ0v) is 12.2. The van der Waals surface area contributed by atoms with E-state index in [4.69, 9.17) is 9.47 Å². The van der Waals surface area contributed by atoms with Crippen molar-refractivity contribution in [3.05, 3.63) is 35.4 Å². The summed E-state index contributed by atoms with van der Waals surface area (Å²) in [6.45, 7) is 3.59. The van der Waals surface area contributed by atoms with Gasteiger partial charge in [-0.15, -0.1) is 0 Å². The van der Waals surface area contributed by atoms with E-state index in [0.29, 0.717) is 6.54 Å². The van der Waals surface area contributed by atoms with Gasteiger partial charge in [0.15, 0.2) is 0 Å². The topological polar surface area (TPSA) is 47.6 Å². The Morgan fingerprint density at radius 2 is 2.30 bits per heavy atom. The lowest BCUT2D eigenvalue weighted by Gasteiger charge is -2.21. The molecule has 0 bridgehead atoms. The molecule has 0 radical (unpaired) electrons. The Labute approximate surface area is 120 Å². The predicted molar refractivity (Wildman–Crippen MR) is 77.6 cm³/mol. The second-order valence-electron chi connectivity index (χ2n) is 5.05. The fourth-order valence-corrected chi connectivity index (χ4v) is 2.63. The van der Waals surface area contributed by atoms with Gasteiger partial charge in [-0.05, 0) is 30.4 Å². The molecule has 4 heteroatoms. The van der Waals surface area contributed by atoms with Crippen molar-refractivity contribution in [1.82, 2.24) is 5.32 Å². The molecule has 2 atom stereocenters. The highest BCUT2D eigenvalue weighted by Crippen LogP contribution is 2.21. The molecule has 1 saturated heterocycles. The van der Waals surface area contributed by atoms with Gasteiger partial charge in [-0.3, -0.25) is 5.32 Å². The van der Waals surface area contributed by atoms with Crippen molar-refractivity contribution in [1.29, 1.82) is 0 Å². The Kier molecular flexibility index (Phi) is 5.56. The Hall–Kier alpha value is -1.39. The van der Waals surface area contributed by atoms with E-state index in [0.717, 1.165) is 31.4 Å². The SMILES string of the molecule is CCc1ccccc1C(NCC1CCCO1)C(=O)OC. The van der Waals surface area contributed by atoms with Gasteiger partial charge in [-0.2, -0.15) is 0 Å². The van der Waals surface area contributed by atoms with Crippen LogP contribution in [-0.2, 0) is 20.7 Å². The minimum Gasteiger partial charge on any atom is -0.468 e. The van der Waals surface area contributed by atoms with E-state index in [1.54, 1.807) is 0 Å². The Balaban J connectivity index is 2.11. The zero-order valence-electron chi connectivity index (χ0n) is 12.2. The molecule has 0 aliphatic carbocycles. The number of carbonyl (C=O) groups excluding carboxylic acids is 1. The van der Waals surface area contributed by atoms with E-state index in [-0.39, 0.29) is 12.1 Å². The molecule has 0 saturated carbocycles. The number of benzene rings is 1. The van der Waals surface area contributed by atoms with Crippen LogP contribution < -0.4 is 5.32 Å². The first-order valence-electron chi connectivity index (χ1n) is 7.26. The molecule has 20 heavy (non-hydrogen) atoms. The Morgan fingerprint density at radius 1 is 1.50 bits per heavy atom. The number of methoxy groups -OCH3 is 1. The Morgan fingerprint density at radius 3 is 2.95 bits per heavy atom. The third-order valence-corrected chi connectivity index (χ3v) is 3.76. The molecular formula is C16H23NO3. The van der Waals surface area contributed by atoms with Crippen LogP contribution in [0, 0.1) is 0 Å². The monoisotopic (exact) mass is 277 g/mol. The average molecular weight is 277 g/mol. The number of ether oxygens (including phenoxy) is 2. The number of aryl methyl sites for hydroxylation is 1. The van der Waals surface area contributed by atoms with Gasteiger partial charge in [0, 0.05) is 13.2 Å². The number of hydrogen-bond acceptors (Lipinski definition) is 4. The standard InChI is InChI=1S/C16H23NO3/c1-3-12-7-4-5-9-14(12)15(16(18)19-2)17-11-13-8-6-10-20-13/h4-5,7,9,13,15,17H,3,6,8,10-11H2,1-2H3. The molecule has 110 valence electrons. The smallest absolute Gasteiger partial charge is 0.327 e. The summed E-state index contributed by atoms with van der Waals surface area (Å²) in [6, 6.07) is 7.58. The normalized spacial score (nSPS) is 19.8. The van der Waals surface area contributed by atoms with Gasteiger partial charge in [0.25, 0.3) is 0 Å². The van der Waals surface area contributed by atoms with Crippen LogP contribution in [0.3, 0.4) is 0 Å². The van der Waals surface area contributed by atoms with Crippen molar-refractivity contribution in [2.75, 3.05) is 20.3 Å². The molecular weight excluding hydrogens is 254 g/mol. The lowest BCUT2D eigenvalue weighted by atomic mass is 9.98. The second kappa shape index (κ2) is 7.41. The molecule has 0 aromatic heterocycles. The van der Waals surface area contributed by atoms with Crippen LogP contribution in [0.5, 0.6) is 0 Å². The molecule has 4 nitrogen and oxygen atoms in total. The quantitative estimate of drug-likeness (QED) is 0.810. The van der Waals surface area contributed by atoms with Gasteiger partial charge >= 0.3 is 5.97 Å². The highest BCUT2D eigenvalue weighted by molar-refractivity contribution is 5.78. The van der Waals surface area contributed by atoms with Gasteiger partial charge in [0.05, 0.1) is 13.2 Å². The molecule has 1 aliphatic heterocycles. The molecule has 1 N–H and O–H groups in total. The minimum absolute atomic E-state index is 0.205. The highest BCUT2D eigenvalue weighted by Gasteiger charge is 2.25. The van der Waals surface area contributed by atoms with Crippen molar-refractivity contribution in [3.63, 3.8) is 0 Å². The van der Waals surface area contributed by atoms with E-state index in [1.807, 2.05) is 18.2 Å². The maximum absolute atomic E-state index is 12.1. The first kappa shape index (κ1) is 15.0. The number of carbonyl (C=O) groups is 1. The average Bonchev–Trinajstić information content (AvgIpc) is 3.01. The van der Waals surface area contributed by atoms with Crippen LogP contribution in [0.4, 0.5) is 0 Å². The molecule has 0 amide bonds. The van der Waals surface area contributed by atoms with Crippen molar-refractivity contribution < 1.29 is 14.3 Å². The summed E-state index contributed by atoms with van der Waals surface area (Å²) in [5, 5.41) is 3.30. The second-order valence-corrected chi connectivity index (χ2v) is 5.05. The van der Waals surface area contributed by atoms with Crippen LogP contribution in [0.25, 0.3) is 0 Å². The summed E-state index contributed by atoms with van der Waals surface area (Å²) in [7, 11) is 1.43. The minimum atomic E-state index is -0.416. The first-order valence-corrected chi connectivity index (χ1v) is 7.26. The van der Waals surface area contributed by atoms with E-state index in [9.17, 15) is 4.79 Å². The fraction of sp³-hybridized carbons (Fsp3) is 0.562. The van der Waals surface area contributed by atoms with Crippen molar-refractivity contribution in [3.8, 4) is 0 Å². The van der Waals surface area contributed by atoms with Crippen molar-refractivity contribution in [2.45, 2.75) is 38.3 Å². The molecule has 1 aromatic rings. The highest BCUT2D eigenvalue weighted by atomic mass is 16.5. The van der Waals surface area contributed by atoms with E-state index >= 15 is 0 Å². The number of esters is 1. The number of rotatable bonds is 6. The van der Waals surface area contributed by atoms with Gasteiger partial charge < -0.3 is 9.47 Å². The molecule has 1 aromatic carbocycles. The van der Waals surface area contributed by atoms with Crippen LogP contribution >= 0.6 is 0 Å². The molecule has 1 heterocycles. The van der Waals surface area contributed by atoms with Gasteiger partial charge in [0.2, 0.25) is 0 Å². The maximum atomic E-state index is 12.1. The van der Waals surface area contributed by atoms with Crippen LogP contribution in [0.15, 0.2) is 24.3 Å². The van der Waals surface area contributed by atoms with Gasteiger partial charge in [-0.1, -0.05) is 31.2 Å². The maximum Gasteiger partial charge on any atom is 0.327 e. The van der Waals surface area contributed by atoms with E-state index < -0.39 is 6.04 Å². The van der Waals surface area contributed by atoms with E-state index in [2.05, 4.69) is 18.3 Å². The molecule has 0 spiro atoms. The summed E-state index contributed by atoms with van der Waals surface area (Å²) in [5.41, 5.74) is 2.17. The summed E-state index contributed by atoms with van der Waals surface area (Å²) < 4.78 is 10.5. The van der Waals surface area contributed by atoms with Gasteiger partial charge in [0.1, 0.15) is 6.04 Å². The van der Waals surface area contributed by atoms with Crippen LogP contribution in [0.2, 0.25) is 0 Å². The van der Waals surface area contributed by atoms with Gasteiger partial charge in [-0.25, -0.2) is 4.79 Å². The third-order valence-electron chi connectivity index (χ3n) is 3.76. The molecule has 1 fully saturated rings. The van der Waals surface area contributed by atoms with Crippen LogP contribution in [-0.4, -0.2) is 32.3 Å². The molecule has 2 unspecified atom stereocenters. The number of hydrogen-bond donors (Lipinski definition) is 1. The molecule has 2 rings (SSSR count). The van der Waals surface area contributed by atoms with Crippen molar-refractivity contribution in [2.24, 2.45) is 0 Å². The Bertz CT molecular complexity index is 441. The lowest BCUT2D eigenvalue weighted by molar-refractivity contribution is -0.143.